The van der Waals surface area contributed by atoms with Crippen LogP contribution in [-0.2, 0) is 4.79 Å². The fraction of sp³-hybridized carbons (Fsp3) is 0.750. The number of carbonyl (C=O) groups excluding carboxylic acids is 1. The molecule has 0 bridgehead atoms. The number of dihydropyridines is 1. The van der Waals surface area contributed by atoms with E-state index in [0.717, 1.165) is 24.2 Å². The number of nitrogens with zero attached hydrogens (tertiary/aromatic N) is 1. The fourth-order valence-electron chi connectivity index (χ4n) is 2.74. The van der Waals surface area contributed by atoms with E-state index in [1.807, 2.05) is 6.92 Å². The molecular weight excluding hydrogens is 284 g/mol. The minimum Gasteiger partial charge on any atom is -0.387 e. The van der Waals surface area contributed by atoms with Crippen molar-refractivity contribution >= 4 is 22.6 Å². The lowest BCUT2D eigenvalue weighted by Crippen LogP contribution is -2.42. The average Bonchev–Trinajstić information content (AvgIpc) is 2.34. The SMILES string of the molecule is CCC1C(=O)C2=C(NCC(C)C)CC(C)(C)N=C2SC1O. The van der Waals surface area contributed by atoms with Crippen molar-refractivity contribution < 1.29 is 9.90 Å². The van der Waals surface area contributed by atoms with Crippen molar-refractivity contribution in [3.05, 3.63) is 11.3 Å². The van der Waals surface area contributed by atoms with Crippen molar-refractivity contribution in [2.75, 3.05) is 6.54 Å². The standard InChI is InChI=1S/C16H26N2O2S/c1-6-10-13(19)12-11(17-8-9(2)3)7-16(4,5)18-14(12)21-15(10)20/h9-10,15,17,20H,6-8H2,1-5H3. The van der Waals surface area contributed by atoms with Crippen LogP contribution in [0.5, 0.6) is 0 Å². The maximum Gasteiger partial charge on any atom is 0.173 e. The van der Waals surface area contributed by atoms with E-state index in [2.05, 4.69) is 38.0 Å². The van der Waals surface area contributed by atoms with Crippen LogP contribution < -0.4 is 5.32 Å². The molecule has 5 heteroatoms. The molecule has 0 spiro atoms. The molecule has 1 fully saturated rings. The zero-order valence-electron chi connectivity index (χ0n) is 13.6. The minimum absolute atomic E-state index is 0.0456. The van der Waals surface area contributed by atoms with Gasteiger partial charge >= 0.3 is 0 Å². The first-order valence-corrected chi connectivity index (χ1v) is 8.59. The van der Waals surface area contributed by atoms with Gasteiger partial charge in [0.15, 0.2) is 5.78 Å². The Kier molecular flexibility index (Phi) is 4.83. The predicted molar refractivity (Wildman–Crippen MR) is 88.4 cm³/mol. The van der Waals surface area contributed by atoms with Crippen LogP contribution in [0.1, 0.15) is 47.5 Å². The highest BCUT2D eigenvalue weighted by atomic mass is 32.2. The first kappa shape index (κ1) is 16.6. The molecule has 2 rings (SSSR count). The van der Waals surface area contributed by atoms with E-state index in [9.17, 15) is 9.90 Å². The van der Waals surface area contributed by atoms with Crippen molar-refractivity contribution in [1.29, 1.82) is 0 Å². The van der Waals surface area contributed by atoms with Gasteiger partial charge in [-0.3, -0.25) is 9.79 Å². The Labute approximate surface area is 131 Å². The smallest absolute Gasteiger partial charge is 0.173 e. The van der Waals surface area contributed by atoms with Crippen molar-refractivity contribution in [2.45, 2.75) is 58.4 Å². The first-order valence-electron chi connectivity index (χ1n) is 7.71. The third-order valence-corrected chi connectivity index (χ3v) is 4.94. The number of Topliss-reactive ketones (excluding diaryl/α,β-unsaturated/α-hetero) is 1. The highest BCUT2D eigenvalue weighted by molar-refractivity contribution is 8.15. The van der Waals surface area contributed by atoms with E-state index in [0.29, 0.717) is 17.4 Å². The number of rotatable bonds is 4. The summed E-state index contributed by atoms with van der Waals surface area (Å²) >= 11 is 1.33. The summed E-state index contributed by atoms with van der Waals surface area (Å²) in [4.78, 5) is 17.4. The average molecular weight is 310 g/mol. The van der Waals surface area contributed by atoms with Crippen LogP contribution in [0, 0.1) is 11.8 Å². The number of aliphatic hydroxyl groups excluding tert-OH is 1. The van der Waals surface area contributed by atoms with E-state index in [1.54, 1.807) is 0 Å². The van der Waals surface area contributed by atoms with Crippen molar-refractivity contribution in [1.82, 2.24) is 5.32 Å². The molecule has 1 saturated heterocycles. The van der Waals surface area contributed by atoms with E-state index < -0.39 is 5.44 Å². The van der Waals surface area contributed by atoms with Crippen LogP contribution >= 0.6 is 11.8 Å². The van der Waals surface area contributed by atoms with E-state index in [-0.39, 0.29) is 17.2 Å². The normalized spacial score (nSPS) is 28.5. The Bertz CT molecular complexity index is 495. The Morgan fingerprint density at radius 1 is 1.48 bits per heavy atom. The van der Waals surface area contributed by atoms with Gasteiger partial charge in [0.05, 0.1) is 17.0 Å². The Balaban J connectivity index is 2.39. The third-order valence-electron chi connectivity index (χ3n) is 3.85. The van der Waals surface area contributed by atoms with Gasteiger partial charge in [-0.25, -0.2) is 0 Å². The molecule has 2 N–H and O–H groups in total. The highest BCUT2D eigenvalue weighted by Gasteiger charge is 2.42. The fourth-order valence-corrected chi connectivity index (χ4v) is 4.09. The summed E-state index contributed by atoms with van der Waals surface area (Å²) in [6.45, 7) is 11.2. The zero-order valence-corrected chi connectivity index (χ0v) is 14.4. The summed E-state index contributed by atoms with van der Waals surface area (Å²) in [6, 6.07) is 0. The van der Waals surface area contributed by atoms with Gasteiger partial charge in [-0.2, -0.15) is 0 Å². The number of nitrogens with one attached hydrogen (secondary N) is 1. The van der Waals surface area contributed by atoms with Crippen LogP contribution in [0.2, 0.25) is 0 Å². The highest BCUT2D eigenvalue weighted by Crippen LogP contribution is 2.40. The second-order valence-electron chi connectivity index (χ2n) is 6.92. The molecule has 2 heterocycles. The molecular formula is C16H26N2O2S. The molecule has 0 radical (unpaired) electrons. The maximum atomic E-state index is 12.7. The molecule has 2 aliphatic heterocycles. The van der Waals surface area contributed by atoms with Gasteiger partial charge in [0, 0.05) is 18.7 Å². The molecule has 21 heavy (non-hydrogen) atoms. The summed E-state index contributed by atoms with van der Waals surface area (Å²) in [5.74, 6) is 0.243. The predicted octanol–water partition coefficient (Wildman–Crippen LogP) is 2.73. The number of aliphatic imine (C=N–C) groups is 1. The lowest BCUT2D eigenvalue weighted by atomic mass is 9.87. The van der Waals surface area contributed by atoms with Gasteiger partial charge in [0.25, 0.3) is 0 Å². The number of ketones is 1. The van der Waals surface area contributed by atoms with Gasteiger partial charge < -0.3 is 10.4 Å². The summed E-state index contributed by atoms with van der Waals surface area (Å²) < 4.78 is 0. The van der Waals surface area contributed by atoms with Gasteiger partial charge in [0.2, 0.25) is 0 Å². The molecule has 118 valence electrons. The summed E-state index contributed by atoms with van der Waals surface area (Å²) in [7, 11) is 0. The van der Waals surface area contributed by atoms with Crippen LogP contribution in [0.4, 0.5) is 0 Å². The summed E-state index contributed by atoms with van der Waals surface area (Å²) in [6.07, 6.45) is 1.40. The molecule has 0 amide bonds. The molecule has 2 unspecified atom stereocenters. The van der Waals surface area contributed by atoms with Crippen LogP contribution in [0.25, 0.3) is 0 Å². The van der Waals surface area contributed by atoms with E-state index >= 15 is 0 Å². The van der Waals surface area contributed by atoms with E-state index in [4.69, 9.17) is 0 Å². The molecule has 0 aromatic heterocycles. The number of hydrogen-bond acceptors (Lipinski definition) is 5. The quantitative estimate of drug-likeness (QED) is 0.838. The number of fused-ring (bicyclic) bond motifs is 1. The Hall–Kier alpha value is -0.810. The molecule has 0 aromatic carbocycles. The largest absolute Gasteiger partial charge is 0.387 e. The van der Waals surface area contributed by atoms with Gasteiger partial charge in [0.1, 0.15) is 10.5 Å². The number of hydrogen-bond donors (Lipinski definition) is 2. The molecule has 0 aromatic rings. The zero-order chi connectivity index (χ0) is 15.8. The van der Waals surface area contributed by atoms with Crippen LogP contribution in [0.3, 0.4) is 0 Å². The Morgan fingerprint density at radius 3 is 2.71 bits per heavy atom. The first-order chi connectivity index (χ1) is 9.75. The van der Waals surface area contributed by atoms with Crippen molar-refractivity contribution in [2.24, 2.45) is 16.8 Å². The summed E-state index contributed by atoms with van der Waals surface area (Å²) in [5, 5.41) is 14.3. The molecule has 2 aliphatic rings. The number of thioether (sulfide) groups is 1. The molecule has 4 nitrogen and oxygen atoms in total. The lowest BCUT2D eigenvalue weighted by molar-refractivity contribution is -0.120. The summed E-state index contributed by atoms with van der Waals surface area (Å²) in [5.41, 5.74) is 0.813. The Morgan fingerprint density at radius 2 is 2.14 bits per heavy atom. The second-order valence-corrected chi connectivity index (χ2v) is 8.03. The maximum absolute atomic E-state index is 12.7. The second kappa shape index (κ2) is 6.13. The molecule has 0 saturated carbocycles. The van der Waals surface area contributed by atoms with Crippen LogP contribution in [0.15, 0.2) is 16.3 Å². The minimum atomic E-state index is -0.676. The lowest BCUT2D eigenvalue weighted by Gasteiger charge is -2.36. The van der Waals surface area contributed by atoms with Gasteiger partial charge in [-0.15, -0.1) is 0 Å². The van der Waals surface area contributed by atoms with Crippen molar-refractivity contribution in [3.8, 4) is 0 Å². The number of carbonyl (C=O) groups is 1. The number of aliphatic hydroxyl groups is 1. The van der Waals surface area contributed by atoms with Gasteiger partial charge in [-0.05, 0) is 26.2 Å². The van der Waals surface area contributed by atoms with Gasteiger partial charge in [-0.1, -0.05) is 32.5 Å². The third kappa shape index (κ3) is 3.51. The van der Waals surface area contributed by atoms with E-state index in [1.165, 1.54) is 11.8 Å². The topological polar surface area (TPSA) is 61.7 Å². The molecule has 2 atom stereocenters. The van der Waals surface area contributed by atoms with Crippen molar-refractivity contribution in [3.63, 3.8) is 0 Å². The monoisotopic (exact) mass is 310 g/mol. The van der Waals surface area contributed by atoms with Crippen LogP contribution in [-0.4, -0.2) is 33.5 Å². The molecule has 0 aliphatic carbocycles.